The van der Waals surface area contributed by atoms with Crippen LogP contribution in [0, 0.1) is 11.3 Å². The van der Waals surface area contributed by atoms with Gasteiger partial charge in [0.15, 0.2) is 11.5 Å². The van der Waals surface area contributed by atoms with Gasteiger partial charge in [0.25, 0.3) is 0 Å². The first kappa shape index (κ1) is 22.2. The molecule has 3 atom stereocenters. The van der Waals surface area contributed by atoms with Gasteiger partial charge < -0.3 is 15.2 Å². The van der Waals surface area contributed by atoms with E-state index in [0.717, 1.165) is 12.1 Å². The lowest BCUT2D eigenvalue weighted by Gasteiger charge is -2.55. The number of phenolic OH excluding ortho intramolecular Hbond substituents is 1. The van der Waals surface area contributed by atoms with Gasteiger partial charge in [-0.2, -0.15) is 0 Å². The van der Waals surface area contributed by atoms with E-state index in [-0.39, 0.29) is 16.6 Å². The summed E-state index contributed by atoms with van der Waals surface area (Å²) >= 11 is 0. The van der Waals surface area contributed by atoms with Gasteiger partial charge in [0.2, 0.25) is 0 Å². The Labute approximate surface area is 188 Å². The smallest absolute Gasteiger partial charge is 0.162 e. The van der Waals surface area contributed by atoms with Crippen molar-refractivity contribution < 1.29 is 9.84 Å². The van der Waals surface area contributed by atoms with Gasteiger partial charge in [-0.05, 0) is 71.1 Å². The van der Waals surface area contributed by atoms with Gasteiger partial charge >= 0.3 is 0 Å². The highest BCUT2D eigenvalue weighted by atomic mass is 16.5. The zero-order chi connectivity index (χ0) is 22.2. The molecule has 2 aliphatic carbocycles. The second-order valence-corrected chi connectivity index (χ2v) is 10.7. The predicted octanol–water partition coefficient (Wildman–Crippen LogP) is 6.32. The highest BCUT2D eigenvalue weighted by Crippen LogP contribution is 2.57. The molecule has 31 heavy (non-hydrogen) atoms. The van der Waals surface area contributed by atoms with Crippen molar-refractivity contribution in [2.24, 2.45) is 11.3 Å². The van der Waals surface area contributed by atoms with E-state index in [0.29, 0.717) is 24.1 Å². The molecule has 2 aliphatic rings. The van der Waals surface area contributed by atoms with Crippen LogP contribution in [0.25, 0.3) is 0 Å². The molecule has 2 aromatic rings. The van der Waals surface area contributed by atoms with Crippen molar-refractivity contribution in [1.82, 2.24) is 5.32 Å². The Morgan fingerprint density at radius 1 is 1.16 bits per heavy atom. The Balaban J connectivity index is 1.52. The molecule has 0 aromatic heterocycles. The molecule has 3 unspecified atom stereocenters. The van der Waals surface area contributed by atoms with Crippen molar-refractivity contribution in [3.8, 4) is 11.5 Å². The largest absolute Gasteiger partial charge is 0.504 e. The molecular weight excluding hydrogens is 382 g/mol. The van der Waals surface area contributed by atoms with Gasteiger partial charge in [-0.15, -0.1) is 0 Å². The molecule has 0 amide bonds. The van der Waals surface area contributed by atoms with Crippen LogP contribution < -0.4 is 10.1 Å². The Bertz CT molecular complexity index is 937. The number of hydrogen-bond donors (Lipinski definition) is 2. The predicted molar refractivity (Wildman–Crippen MR) is 128 cm³/mol. The van der Waals surface area contributed by atoms with E-state index < -0.39 is 0 Å². The molecule has 0 saturated heterocycles. The van der Waals surface area contributed by atoms with E-state index in [1.165, 1.54) is 37.7 Å². The lowest BCUT2D eigenvalue weighted by molar-refractivity contribution is 0.0256. The fourth-order valence-electron chi connectivity index (χ4n) is 6.57. The highest BCUT2D eigenvalue weighted by Gasteiger charge is 2.51. The first-order valence-electron chi connectivity index (χ1n) is 12.0. The van der Waals surface area contributed by atoms with Crippen molar-refractivity contribution in [1.29, 1.82) is 0 Å². The summed E-state index contributed by atoms with van der Waals surface area (Å²) in [5.41, 5.74) is 6.08. The minimum atomic E-state index is 0.253. The molecule has 1 saturated carbocycles. The third-order valence-corrected chi connectivity index (χ3v) is 8.31. The maximum Gasteiger partial charge on any atom is 0.162 e. The SMILES string of the molecule is COc1cccc(CNCC2(C)CCCC3(C)c4ccc(C(C)C)cc4CCC23)c1O. The molecule has 0 heterocycles. The Kier molecular flexibility index (Phi) is 6.09. The van der Waals surface area contributed by atoms with Crippen LogP contribution in [-0.2, 0) is 18.4 Å². The first-order chi connectivity index (χ1) is 14.8. The van der Waals surface area contributed by atoms with Crippen molar-refractivity contribution in [3.05, 3.63) is 58.7 Å². The summed E-state index contributed by atoms with van der Waals surface area (Å²) in [6.07, 6.45) is 6.30. The Hall–Kier alpha value is -2.00. The quantitative estimate of drug-likeness (QED) is 0.573. The van der Waals surface area contributed by atoms with E-state index >= 15 is 0 Å². The third-order valence-electron chi connectivity index (χ3n) is 8.31. The molecule has 1 fully saturated rings. The second kappa shape index (κ2) is 8.50. The van der Waals surface area contributed by atoms with Gasteiger partial charge in [0.05, 0.1) is 7.11 Å². The molecule has 0 spiro atoms. The summed E-state index contributed by atoms with van der Waals surface area (Å²) in [5, 5.41) is 14.1. The number of nitrogens with one attached hydrogen (secondary N) is 1. The zero-order valence-electron chi connectivity index (χ0n) is 19.9. The summed E-state index contributed by atoms with van der Waals surface area (Å²) < 4.78 is 5.26. The lowest BCUT2D eigenvalue weighted by Crippen LogP contribution is -2.52. The number of benzene rings is 2. The number of methoxy groups -OCH3 is 1. The number of hydrogen-bond acceptors (Lipinski definition) is 3. The van der Waals surface area contributed by atoms with Gasteiger partial charge in [-0.3, -0.25) is 0 Å². The van der Waals surface area contributed by atoms with Gasteiger partial charge in [-0.25, -0.2) is 0 Å². The number of para-hydroxylation sites is 1. The molecular formula is C28H39NO2. The van der Waals surface area contributed by atoms with Crippen LogP contribution in [0.3, 0.4) is 0 Å². The van der Waals surface area contributed by atoms with Crippen molar-refractivity contribution in [3.63, 3.8) is 0 Å². The molecule has 3 nitrogen and oxygen atoms in total. The van der Waals surface area contributed by atoms with Crippen LogP contribution in [0.5, 0.6) is 11.5 Å². The van der Waals surface area contributed by atoms with E-state index in [1.54, 1.807) is 24.3 Å². The third kappa shape index (κ3) is 3.98. The van der Waals surface area contributed by atoms with E-state index in [1.807, 2.05) is 12.1 Å². The number of ether oxygens (including phenoxy) is 1. The highest BCUT2D eigenvalue weighted by molar-refractivity contribution is 5.45. The van der Waals surface area contributed by atoms with Crippen molar-refractivity contribution >= 4 is 0 Å². The summed E-state index contributed by atoms with van der Waals surface area (Å²) in [6, 6.07) is 13.0. The van der Waals surface area contributed by atoms with Crippen LogP contribution in [0.4, 0.5) is 0 Å². The second-order valence-electron chi connectivity index (χ2n) is 10.7. The summed E-state index contributed by atoms with van der Waals surface area (Å²) in [7, 11) is 1.60. The van der Waals surface area contributed by atoms with Crippen LogP contribution in [0.1, 0.15) is 81.5 Å². The average Bonchev–Trinajstić information content (AvgIpc) is 2.74. The molecule has 2 N–H and O–H groups in total. The number of aromatic hydroxyl groups is 1. The van der Waals surface area contributed by atoms with Crippen LogP contribution in [-0.4, -0.2) is 18.8 Å². The first-order valence-corrected chi connectivity index (χ1v) is 12.0. The van der Waals surface area contributed by atoms with Gasteiger partial charge in [-0.1, -0.05) is 64.4 Å². The molecule has 3 heteroatoms. The summed E-state index contributed by atoms with van der Waals surface area (Å²) in [5.74, 6) is 2.06. The average molecular weight is 422 g/mol. The Morgan fingerprint density at radius 3 is 2.71 bits per heavy atom. The van der Waals surface area contributed by atoms with E-state index in [2.05, 4.69) is 51.2 Å². The fraction of sp³-hybridized carbons (Fsp3) is 0.571. The Morgan fingerprint density at radius 2 is 1.97 bits per heavy atom. The van der Waals surface area contributed by atoms with Crippen LogP contribution in [0.15, 0.2) is 36.4 Å². The van der Waals surface area contributed by atoms with Crippen LogP contribution >= 0.6 is 0 Å². The summed E-state index contributed by atoms with van der Waals surface area (Å²) in [4.78, 5) is 0. The molecule has 0 radical (unpaired) electrons. The zero-order valence-corrected chi connectivity index (χ0v) is 19.9. The molecule has 2 aromatic carbocycles. The van der Waals surface area contributed by atoms with Crippen LogP contribution in [0.2, 0.25) is 0 Å². The molecule has 0 bridgehead atoms. The monoisotopic (exact) mass is 421 g/mol. The van der Waals surface area contributed by atoms with Gasteiger partial charge in [0.1, 0.15) is 0 Å². The minimum absolute atomic E-state index is 0.253. The minimum Gasteiger partial charge on any atom is -0.504 e. The maximum absolute atomic E-state index is 10.4. The number of phenols is 1. The topological polar surface area (TPSA) is 41.5 Å². The van der Waals surface area contributed by atoms with E-state index in [9.17, 15) is 5.11 Å². The standard InChI is InChI=1S/C28H39NO2/c1-19(2)20-10-12-23-21(16-20)11-13-25-27(3,14-7-15-28(23,25)4)18-29-17-22-8-6-9-24(31-5)26(22)30/h6,8-10,12,16,19,25,29-30H,7,11,13-15,17-18H2,1-5H3. The molecule has 168 valence electrons. The number of rotatable bonds is 6. The summed E-state index contributed by atoms with van der Waals surface area (Å²) in [6.45, 7) is 11.2. The fourth-order valence-corrected chi connectivity index (χ4v) is 6.57. The van der Waals surface area contributed by atoms with Crippen molar-refractivity contribution in [2.75, 3.05) is 13.7 Å². The number of aryl methyl sites for hydroxylation is 1. The molecule has 4 rings (SSSR count). The lowest BCUT2D eigenvalue weighted by atomic mass is 9.49. The maximum atomic E-state index is 10.4. The normalized spacial score (nSPS) is 27.6. The number of fused-ring (bicyclic) bond motifs is 3. The van der Waals surface area contributed by atoms with Gasteiger partial charge in [0, 0.05) is 18.7 Å². The molecule has 0 aliphatic heterocycles. The van der Waals surface area contributed by atoms with E-state index in [4.69, 9.17) is 4.74 Å². The van der Waals surface area contributed by atoms with Crippen molar-refractivity contribution in [2.45, 2.75) is 77.7 Å².